The SMILES string of the molecule is CCS(=O)(=O)CCN(C)Cc1cccc2oc(C)nc12. The van der Waals surface area contributed by atoms with Crippen LogP contribution in [0.3, 0.4) is 0 Å². The van der Waals surface area contributed by atoms with Crippen molar-refractivity contribution in [2.75, 3.05) is 25.1 Å². The van der Waals surface area contributed by atoms with Gasteiger partial charge in [-0.05, 0) is 18.7 Å². The number of rotatable bonds is 6. The molecule has 0 unspecified atom stereocenters. The highest BCUT2D eigenvalue weighted by atomic mass is 32.2. The summed E-state index contributed by atoms with van der Waals surface area (Å²) >= 11 is 0. The second-order valence-corrected chi connectivity index (χ2v) is 7.44. The van der Waals surface area contributed by atoms with Crippen LogP contribution in [0.4, 0.5) is 0 Å². The third-order valence-electron chi connectivity index (χ3n) is 3.27. The van der Waals surface area contributed by atoms with Crippen molar-refractivity contribution in [3.8, 4) is 0 Å². The predicted molar refractivity (Wildman–Crippen MR) is 79.4 cm³/mol. The lowest BCUT2D eigenvalue weighted by Crippen LogP contribution is -2.26. The van der Waals surface area contributed by atoms with Crippen molar-refractivity contribution in [2.45, 2.75) is 20.4 Å². The third kappa shape index (κ3) is 3.58. The van der Waals surface area contributed by atoms with Crippen molar-refractivity contribution >= 4 is 20.9 Å². The van der Waals surface area contributed by atoms with Crippen LogP contribution < -0.4 is 0 Å². The van der Waals surface area contributed by atoms with Crippen LogP contribution in [-0.4, -0.2) is 43.4 Å². The standard InChI is InChI=1S/C14H20N2O3S/c1-4-20(17,18)9-8-16(3)10-12-6-5-7-13-14(12)15-11(2)19-13/h5-7H,4,8-10H2,1-3H3. The molecule has 2 aromatic rings. The minimum absolute atomic E-state index is 0.188. The van der Waals surface area contributed by atoms with Crippen molar-refractivity contribution in [3.63, 3.8) is 0 Å². The first kappa shape index (κ1) is 15.0. The zero-order chi connectivity index (χ0) is 14.8. The van der Waals surface area contributed by atoms with E-state index in [1.165, 1.54) is 0 Å². The summed E-state index contributed by atoms with van der Waals surface area (Å²) in [7, 11) is -1.01. The van der Waals surface area contributed by atoms with E-state index in [-0.39, 0.29) is 11.5 Å². The van der Waals surface area contributed by atoms with Crippen molar-refractivity contribution in [1.82, 2.24) is 9.88 Å². The van der Waals surface area contributed by atoms with Gasteiger partial charge in [0.1, 0.15) is 5.52 Å². The Kier molecular flexibility index (Phi) is 4.45. The first-order valence-corrected chi connectivity index (χ1v) is 8.47. The average molecular weight is 296 g/mol. The fourth-order valence-electron chi connectivity index (χ4n) is 2.05. The van der Waals surface area contributed by atoms with Gasteiger partial charge in [0.2, 0.25) is 0 Å². The van der Waals surface area contributed by atoms with E-state index < -0.39 is 9.84 Å². The molecule has 110 valence electrons. The number of nitrogens with zero attached hydrogens (tertiary/aromatic N) is 2. The van der Waals surface area contributed by atoms with E-state index in [9.17, 15) is 8.42 Å². The maximum atomic E-state index is 11.5. The van der Waals surface area contributed by atoms with E-state index in [0.717, 1.165) is 16.7 Å². The van der Waals surface area contributed by atoms with Crippen molar-refractivity contribution in [1.29, 1.82) is 0 Å². The first-order chi connectivity index (χ1) is 9.41. The summed E-state index contributed by atoms with van der Waals surface area (Å²) in [4.78, 5) is 6.37. The topological polar surface area (TPSA) is 63.4 Å². The van der Waals surface area contributed by atoms with Gasteiger partial charge >= 0.3 is 0 Å². The Morgan fingerprint density at radius 3 is 2.80 bits per heavy atom. The smallest absolute Gasteiger partial charge is 0.192 e. The Labute approximate surface area is 119 Å². The number of aromatic nitrogens is 1. The Morgan fingerprint density at radius 2 is 2.10 bits per heavy atom. The zero-order valence-electron chi connectivity index (χ0n) is 12.1. The molecule has 0 fully saturated rings. The molecule has 0 aliphatic heterocycles. The van der Waals surface area contributed by atoms with Crippen molar-refractivity contribution in [3.05, 3.63) is 29.7 Å². The maximum Gasteiger partial charge on any atom is 0.192 e. The lowest BCUT2D eigenvalue weighted by atomic mass is 10.2. The lowest BCUT2D eigenvalue weighted by molar-refractivity contribution is 0.347. The van der Waals surface area contributed by atoms with E-state index in [1.807, 2.05) is 37.1 Å². The van der Waals surface area contributed by atoms with Crippen LogP contribution in [0.1, 0.15) is 18.4 Å². The zero-order valence-corrected chi connectivity index (χ0v) is 12.9. The number of fused-ring (bicyclic) bond motifs is 1. The fourth-order valence-corrected chi connectivity index (χ4v) is 2.93. The van der Waals surface area contributed by atoms with Gasteiger partial charge in [-0.25, -0.2) is 13.4 Å². The number of sulfone groups is 1. The van der Waals surface area contributed by atoms with Crippen LogP contribution in [-0.2, 0) is 16.4 Å². The minimum Gasteiger partial charge on any atom is -0.441 e. The minimum atomic E-state index is -2.92. The molecule has 1 heterocycles. The third-order valence-corrected chi connectivity index (χ3v) is 4.96. The molecule has 0 bridgehead atoms. The van der Waals surface area contributed by atoms with Crippen LogP contribution in [0.5, 0.6) is 0 Å². The summed E-state index contributed by atoms with van der Waals surface area (Å²) in [6, 6.07) is 5.81. The molecule has 0 amide bonds. The maximum absolute atomic E-state index is 11.5. The quantitative estimate of drug-likeness (QED) is 0.816. The van der Waals surface area contributed by atoms with Gasteiger partial charge in [0.25, 0.3) is 0 Å². The van der Waals surface area contributed by atoms with Gasteiger partial charge in [0.05, 0.1) is 5.75 Å². The van der Waals surface area contributed by atoms with E-state index >= 15 is 0 Å². The summed E-state index contributed by atoms with van der Waals surface area (Å²) in [6.07, 6.45) is 0. The van der Waals surface area contributed by atoms with Gasteiger partial charge < -0.3 is 9.32 Å². The molecule has 2 rings (SSSR count). The second kappa shape index (κ2) is 5.93. The van der Waals surface area contributed by atoms with Crippen LogP contribution in [0, 0.1) is 6.92 Å². The molecule has 5 nitrogen and oxygen atoms in total. The molecule has 0 saturated carbocycles. The van der Waals surface area contributed by atoms with E-state index in [0.29, 0.717) is 19.0 Å². The number of aryl methyl sites for hydroxylation is 1. The molecule has 0 radical (unpaired) electrons. The summed E-state index contributed by atoms with van der Waals surface area (Å²) < 4.78 is 28.5. The van der Waals surface area contributed by atoms with Crippen LogP contribution in [0.25, 0.3) is 11.1 Å². The predicted octanol–water partition coefficient (Wildman–Crippen LogP) is 2.00. The number of benzene rings is 1. The second-order valence-electron chi connectivity index (χ2n) is 4.97. The van der Waals surface area contributed by atoms with Crippen LogP contribution >= 0.6 is 0 Å². The monoisotopic (exact) mass is 296 g/mol. The van der Waals surface area contributed by atoms with Gasteiger partial charge in [-0.2, -0.15) is 0 Å². The summed E-state index contributed by atoms with van der Waals surface area (Å²) in [5.74, 6) is 1.02. The Morgan fingerprint density at radius 1 is 1.35 bits per heavy atom. The fraction of sp³-hybridized carbons (Fsp3) is 0.500. The molecule has 0 spiro atoms. The summed E-state index contributed by atoms with van der Waals surface area (Å²) in [5.41, 5.74) is 2.68. The van der Waals surface area contributed by atoms with E-state index in [4.69, 9.17) is 4.42 Å². The number of para-hydroxylation sites is 1. The molecule has 1 aromatic carbocycles. The Hall–Kier alpha value is -1.40. The Balaban J connectivity index is 2.08. The summed E-state index contributed by atoms with van der Waals surface area (Å²) in [6.45, 7) is 4.67. The van der Waals surface area contributed by atoms with Crippen LogP contribution in [0.2, 0.25) is 0 Å². The molecule has 1 aromatic heterocycles. The molecule has 0 aliphatic carbocycles. The van der Waals surface area contributed by atoms with Gasteiger partial charge in [0, 0.05) is 25.8 Å². The molecule has 0 aliphatic rings. The number of hydrogen-bond donors (Lipinski definition) is 0. The highest BCUT2D eigenvalue weighted by Gasteiger charge is 2.12. The van der Waals surface area contributed by atoms with E-state index in [2.05, 4.69) is 4.98 Å². The average Bonchev–Trinajstić information content (AvgIpc) is 2.78. The first-order valence-electron chi connectivity index (χ1n) is 6.65. The number of hydrogen-bond acceptors (Lipinski definition) is 5. The molecule has 6 heteroatoms. The van der Waals surface area contributed by atoms with Gasteiger partial charge in [-0.15, -0.1) is 0 Å². The van der Waals surface area contributed by atoms with Gasteiger partial charge in [0.15, 0.2) is 21.3 Å². The van der Waals surface area contributed by atoms with Crippen LogP contribution in [0.15, 0.2) is 22.6 Å². The molecular formula is C14H20N2O3S. The molecule has 0 saturated heterocycles. The largest absolute Gasteiger partial charge is 0.441 e. The molecule has 0 atom stereocenters. The highest BCUT2D eigenvalue weighted by molar-refractivity contribution is 7.91. The molecular weight excluding hydrogens is 276 g/mol. The summed E-state index contributed by atoms with van der Waals surface area (Å²) in [5, 5.41) is 0. The Bertz CT molecular complexity index is 692. The molecule has 0 N–H and O–H groups in total. The van der Waals surface area contributed by atoms with Crippen molar-refractivity contribution in [2.24, 2.45) is 0 Å². The normalized spacial score (nSPS) is 12.4. The van der Waals surface area contributed by atoms with E-state index in [1.54, 1.807) is 6.92 Å². The van der Waals surface area contributed by atoms with Crippen molar-refractivity contribution < 1.29 is 12.8 Å². The van der Waals surface area contributed by atoms with Gasteiger partial charge in [-0.3, -0.25) is 0 Å². The highest BCUT2D eigenvalue weighted by Crippen LogP contribution is 2.20. The number of oxazole rings is 1. The van der Waals surface area contributed by atoms with Gasteiger partial charge in [-0.1, -0.05) is 19.1 Å². The molecule has 20 heavy (non-hydrogen) atoms. The lowest BCUT2D eigenvalue weighted by Gasteiger charge is -2.16.